The van der Waals surface area contributed by atoms with Crippen LogP contribution in [0.5, 0.6) is 11.5 Å². The third-order valence-corrected chi connectivity index (χ3v) is 5.54. The lowest BCUT2D eigenvalue weighted by atomic mass is 10.0. The standard InChI is InChI=1S/C26H22FN3O2/c1-3-32-20-11-8-17(9-12-20)25-22-16-30(15-18-6-4-5-7-24(18)31-2)23-13-10-19(27)14-21(23)26(22)29-28-25/h4-14,16H,3,15H2,1-2H3. The Hall–Kier alpha value is -3.93. The molecule has 0 radical (unpaired) electrons. The fraction of sp³-hybridized carbons (Fsp3) is 0.154. The number of aromatic nitrogens is 3. The van der Waals surface area contributed by atoms with Crippen molar-refractivity contribution in [1.82, 2.24) is 14.8 Å². The van der Waals surface area contributed by atoms with E-state index in [4.69, 9.17) is 9.47 Å². The molecule has 0 aliphatic carbocycles. The number of pyridine rings is 1. The van der Waals surface area contributed by atoms with Crippen LogP contribution in [0.2, 0.25) is 0 Å². The second-order valence-electron chi connectivity index (χ2n) is 7.50. The summed E-state index contributed by atoms with van der Waals surface area (Å²) in [7, 11) is 1.66. The van der Waals surface area contributed by atoms with Gasteiger partial charge in [0.2, 0.25) is 0 Å². The Balaban J connectivity index is 1.68. The maximum absolute atomic E-state index is 14.2. The Morgan fingerprint density at radius 1 is 0.938 bits per heavy atom. The third kappa shape index (κ3) is 3.54. The van der Waals surface area contributed by atoms with Gasteiger partial charge < -0.3 is 14.0 Å². The van der Waals surface area contributed by atoms with E-state index in [0.717, 1.165) is 44.8 Å². The molecule has 0 saturated heterocycles. The van der Waals surface area contributed by atoms with Crippen LogP contribution >= 0.6 is 0 Å². The molecule has 160 valence electrons. The summed E-state index contributed by atoms with van der Waals surface area (Å²) in [5.41, 5.74) is 5.13. The van der Waals surface area contributed by atoms with Gasteiger partial charge in [-0.2, -0.15) is 0 Å². The van der Waals surface area contributed by atoms with Gasteiger partial charge in [0.05, 0.1) is 25.8 Å². The SMILES string of the molecule is CCOc1ccc(-c2nnc3c4cc(F)ccc4n(Cc4ccccc4OC)cc2-3)cc1. The second-order valence-corrected chi connectivity index (χ2v) is 7.50. The molecule has 0 bridgehead atoms. The minimum absolute atomic E-state index is 0.306. The van der Waals surface area contributed by atoms with Gasteiger partial charge in [0.25, 0.3) is 0 Å². The van der Waals surface area contributed by atoms with Gasteiger partial charge in [0.15, 0.2) is 0 Å². The third-order valence-electron chi connectivity index (χ3n) is 5.54. The van der Waals surface area contributed by atoms with Crippen LogP contribution in [0.1, 0.15) is 12.5 Å². The number of nitrogens with zero attached hydrogens (tertiary/aromatic N) is 3. The van der Waals surface area contributed by atoms with Crippen LogP contribution in [0.25, 0.3) is 33.4 Å². The molecule has 2 aliphatic rings. The predicted octanol–water partition coefficient (Wildman–Crippen LogP) is 5.80. The van der Waals surface area contributed by atoms with Crippen LogP contribution in [-0.4, -0.2) is 28.5 Å². The first-order chi connectivity index (χ1) is 15.7. The van der Waals surface area contributed by atoms with Gasteiger partial charge in [0.1, 0.15) is 28.7 Å². The maximum atomic E-state index is 14.2. The largest absolute Gasteiger partial charge is 0.496 e. The lowest BCUT2D eigenvalue weighted by molar-refractivity contribution is 0.340. The Morgan fingerprint density at radius 3 is 2.50 bits per heavy atom. The van der Waals surface area contributed by atoms with Gasteiger partial charge in [0, 0.05) is 28.3 Å². The number of hydrogen-bond donors (Lipinski definition) is 0. The zero-order valence-corrected chi connectivity index (χ0v) is 17.9. The van der Waals surface area contributed by atoms with Gasteiger partial charge in [-0.3, -0.25) is 0 Å². The van der Waals surface area contributed by atoms with E-state index in [0.29, 0.717) is 18.8 Å². The van der Waals surface area contributed by atoms with E-state index in [2.05, 4.69) is 14.8 Å². The summed E-state index contributed by atoms with van der Waals surface area (Å²) in [6.45, 7) is 3.13. The molecule has 2 aliphatic heterocycles. The van der Waals surface area contributed by atoms with Gasteiger partial charge in [-0.15, -0.1) is 10.2 Å². The molecule has 2 heterocycles. The summed E-state index contributed by atoms with van der Waals surface area (Å²) in [5, 5.41) is 9.59. The fourth-order valence-electron chi connectivity index (χ4n) is 4.05. The Labute approximate surface area is 185 Å². The number of rotatable bonds is 6. The van der Waals surface area contributed by atoms with E-state index in [1.54, 1.807) is 13.2 Å². The smallest absolute Gasteiger partial charge is 0.124 e. The van der Waals surface area contributed by atoms with Crippen molar-refractivity contribution < 1.29 is 13.9 Å². The van der Waals surface area contributed by atoms with Crippen molar-refractivity contribution in [2.75, 3.05) is 13.7 Å². The number of ether oxygens (including phenoxy) is 2. The Kier molecular flexibility index (Phi) is 5.19. The van der Waals surface area contributed by atoms with E-state index < -0.39 is 0 Å². The number of para-hydroxylation sites is 1. The molecule has 0 fully saturated rings. The average molecular weight is 427 g/mol. The van der Waals surface area contributed by atoms with Gasteiger partial charge >= 0.3 is 0 Å². The lowest BCUT2D eigenvalue weighted by Gasteiger charge is -2.17. The van der Waals surface area contributed by atoms with Crippen molar-refractivity contribution in [3.8, 4) is 34.0 Å². The minimum atomic E-state index is -0.306. The van der Waals surface area contributed by atoms with E-state index in [1.165, 1.54) is 12.1 Å². The number of halogens is 1. The fourth-order valence-corrected chi connectivity index (χ4v) is 4.05. The molecule has 0 N–H and O–H groups in total. The highest BCUT2D eigenvalue weighted by atomic mass is 19.1. The molecule has 32 heavy (non-hydrogen) atoms. The van der Waals surface area contributed by atoms with Gasteiger partial charge in [-0.25, -0.2) is 4.39 Å². The number of methoxy groups -OCH3 is 1. The van der Waals surface area contributed by atoms with Crippen molar-refractivity contribution in [1.29, 1.82) is 0 Å². The summed E-state index contributed by atoms with van der Waals surface area (Å²) < 4.78 is 27.4. The van der Waals surface area contributed by atoms with Gasteiger partial charge in [-0.05, 0) is 55.5 Å². The molecule has 0 unspecified atom stereocenters. The van der Waals surface area contributed by atoms with E-state index in [1.807, 2.05) is 61.7 Å². The topological polar surface area (TPSA) is 49.2 Å². The quantitative estimate of drug-likeness (QED) is 0.344. The average Bonchev–Trinajstić information content (AvgIpc) is 3.24. The molecule has 0 aromatic heterocycles. The van der Waals surface area contributed by atoms with Crippen LogP contribution in [0, 0.1) is 5.82 Å². The zero-order chi connectivity index (χ0) is 22.1. The van der Waals surface area contributed by atoms with Crippen molar-refractivity contribution >= 4 is 10.9 Å². The summed E-state index contributed by atoms with van der Waals surface area (Å²) in [5.74, 6) is 1.30. The molecule has 0 saturated carbocycles. The van der Waals surface area contributed by atoms with E-state index in [9.17, 15) is 4.39 Å². The first-order valence-electron chi connectivity index (χ1n) is 10.5. The first kappa shape index (κ1) is 20.0. The van der Waals surface area contributed by atoms with Gasteiger partial charge in [-0.1, -0.05) is 18.2 Å². The minimum Gasteiger partial charge on any atom is -0.496 e. The van der Waals surface area contributed by atoms with Crippen molar-refractivity contribution in [3.63, 3.8) is 0 Å². The summed E-state index contributed by atoms with van der Waals surface area (Å²) in [6.07, 6.45) is 2.04. The molecule has 5 rings (SSSR count). The zero-order valence-electron chi connectivity index (χ0n) is 17.9. The van der Waals surface area contributed by atoms with Crippen LogP contribution in [0.3, 0.4) is 0 Å². The Morgan fingerprint density at radius 2 is 1.72 bits per heavy atom. The highest BCUT2D eigenvalue weighted by molar-refractivity contribution is 5.98. The van der Waals surface area contributed by atoms with E-state index >= 15 is 0 Å². The van der Waals surface area contributed by atoms with Crippen LogP contribution in [-0.2, 0) is 6.54 Å². The maximum Gasteiger partial charge on any atom is 0.124 e. The molecule has 6 heteroatoms. The van der Waals surface area contributed by atoms with Crippen LogP contribution in [0.4, 0.5) is 4.39 Å². The molecular weight excluding hydrogens is 405 g/mol. The normalized spacial score (nSPS) is 11.2. The number of fused-ring (bicyclic) bond motifs is 3. The molecule has 0 amide bonds. The summed E-state index contributed by atoms with van der Waals surface area (Å²) in [6, 6.07) is 20.4. The molecule has 3 aromatic carbocycles. The first-order valence-corrected chi connectivity index (χ1v) is 10.5. The summed E-state index contributed by atoms with van der Waals surface area (Å²) >= 11 is 0. The lowest BCUT2D eigenvalue weighted by Crippen LogP contribution is -2.05. The van der Waals surface area contributed by atoms with E-state index in [-0.39, 0.29) is 5.82 Å². The van der Waals surface area contributed by atoms with Crippen LogP contribution < -0.4 is 9.47 Å². The number of benzene rings is 3. The van der Waals surface area contributed by atoms with Crippen LogP contribution in [0.15, 0.2) is 72.9 Å². The van der Waals surface area contributed by atoms with Crippen molar-refractivity contribution in [3.05, 3.63) is 84.3 Å². The molecule has 0 atom stereocenters. The van der Waals surface area contributed by atoms with Crippen molar-refractivity contribution in [2.24, 2.45) is 0 Å². The number of hydrogen-bond acceptors (Lipinski definition) is 4. The summed E-state index contributed by atoms with van der Waals surface area (Å²) in [4.78, 5) is 0. The monoisotopic (exact) mass is 427 g/mol. The Bertz CT molecular complexity index is 1360. The molecule has 0 spiro atoms. The molecule has 3 aromatic rings. The highest BCUT2D eigenvalue weighted by Crippen LogP contribution is 2.37. The van der Waals surface area contributed by atoms with Crippen molar-refractivity contribution in [2.45, 2.75) is 13.5 Å². The highest BCUT2D eigenvalue weighted by Gasteiger charge is 2.21. The molecular formula is C26H22FN3O2. The second kappa shape index (κ2) is 8.30. The molecule has 5 nitrogen and oxygen atoms in total. The predicted molar refractivity (Wildman–Crippen MR) is 123 cm³/mol.